The molecule has 8 nitrogen and oxygen atoms in total. The number of imidazole rings is 1. The largest absolute Gasteiger partial charge is 0.419 e. The van der Waals surface area contributed by atoms with E-state index >= 15 is 0 Å². The van der Waals surface area contributed by atoms with E-state index in [0.717, 1.165) is 23.7 Å². The molecule has 1 aliphatic rings. The number of non-ortho nitro benzene ring substituents is 1. The Morgan fingerprint density at radius 3 is 2.56 bits per heavy atom. The number of nitro benzene ring substituents is 1. The van der Waals surface area contributed by atoms with Crippen LogP contribution < -0.4 is 0 Å². The highest BCUT2D eigenvalue weighted by atomic mass is 32.2. The van der Waals surface area contributed by atoms with Crippen molar-refractivity contribution >= 4 is 17.4 Å². The molecule has 1 aliphatic carbocycles. The van der Waals surface area contributed by atoms with Crippen molar-refractivity contribution in [2.45, 2.75) is 43.0 Å². The monoisotopic (exact) mass is 447 g/mol. The molecule has 0 radical (unpaired) electrons. The molecule has 32 heavy (non-hydrogen) atoms. The zero-order valence-corrected chi connectivity index (χ0v) is 18.3. The highest BCUT2D eigenvalue weighted by molar-refractivity contribution is 7.99. The molecule has 2 aromatic carbocycles. The van der Waals surface area contributed by atoms with Gasteiger partial charge in [0.2, 0.25) is 11.8 Å². The highest BCUT2D eigenvalue weighted by Crippen LogP contribution is 2.38. The molecule has 1 unspecified atom stereocenters. The average Bonchev–Trinajstić information content (AvgIpc) is 3.45. The maximum atomic E-state index is 10.9. The molecular weight excluding hydrogens is 426 g/mol. The summed E-state index contributed by atoms with van der Waals surface area (Å²) in [6.07, 6.45) is 4.37. The van der Waals surface area contributed by atoms with Gasteiger partial charge >= 0.3 is 0 Å². The van der Waals surface area contributed by atoms with Crippen LogP contribution >= 0.6 is 11.8 Å². The number of fused-ring (bicyclic) bond motifs is 1. The molecule has 2 aromatic heterocycles. The van der Waals surface area contributed by atoms with Gasteiger partial charge < -0.3 is 4.42 Å². The molecular formula is C23H21N5O3S. The number of thioether (sulfide) groups is 1. The fourth-order valence-electron chi connectivity index (χ4n) is 3.89. The van der Waals surface area contributed by atoms with Gasteiger partial charge in [-0.2, -0.15) is 0 Å². The number of hydrogen-bond donors (Lipinski definition) is 0. The molecule has 0 spiro atoms. The van der Waals surface area contributed by atoms with Gasteiger partial charge in [0, 0.05) is 29.1 Å². The summed E-state index contributed by atoms with van der Waals surface area (Å²) >= 11 is 1.59. The quantitative estimate of drug-likeness (QED) is 0.217. The lowest BCUT2D eigenvalue weighted by molar-refractivity contribution is -0.384. The summed E-state index contributed by atoms with van der Waals surface area (Å²) in [7, 11) is 0. The van der Waals surface area contributed by atoms with Crippen LogP contribution in [0.5, 0.6) is 0 Å². The Morgan fingerprint density at radius 1 is 1.06 bits per heavy atom. The van der Waals surface area contributed by atoms with E-state index in [0.29, 0.717) is 17.3 Å². The Labute approximate surface area is 188 Å². The fourth-order valence-corrected chi connectivity index (χ4v) is 4.88. The summed E-state index contributed by atoms with van der Waals surface area (Å²) in [6.45, 7) is 2.01. The molecule has 0 N–H and O–H groups in total. The van der Waals surface area contributed by atoms with Gasteiger partial charge in [0.1, 0.15) is 0 Å². The van der Waals surface area contributed by atoms with Gasteiger partial charge in [-0.05, 0) is 56.9 Å². The third kappa shape index (κ3) is 3.91. The van der Waals surface area contributed by atoms with E-state index in [1.807, 2.05) is 25.1 Å². The number of aryl methyl sites for hydroxylation is 1. The van der Waals surface area contributed by atoms with Crippen LogP contribution in [0.3, 0.4) is 0 Å². The minimum atomic E-state index is -0.434. The van der Waals surface area contributed by atoms with Gasteiger partial charge in [0.25, 0.3) is 5.69 Å². The number of aromatic nitrogens is 4. The van der Waals surface area contributed by atoms with Crippen molar-refractivity contribution in [3.8, 4) is 17.1 Å². The number of benzene rings is 2. The van der Waals surface area contributed by atoms with Crippen LogP contribution in [-0.4, -0.2) is 24.7 Å². The van der Waals surface area contributed by atoms with Crippen LogP contribution in [0, 0.1) is 10.1 Å². The SMILES string of the molecule is CC(Sc1nc2c(n1-c1ccccc1)CCCC2)c1nnc(-c2ccc([N+](=O)[O-])cc2)o1. The van der Waals surface area contributed by atoms with E-state index in [1.165, 1.54) is 36.4 Å². The molecule has 0 saturated carbocycles. The molecule has 162 valence electrons. The lowest BCUT2D eigenvalue weighted by Crippen LogP contribution is -2.07. The Balaban J connectivity index is 1.42. The summed E-state index contributed by atoms with van der Waals surface area (Å²) in [4.78, 5) is 15.4. The van der Waals surface area contributed by atoms with E-state index in [1.54, 1.807) is 23.9 Å². The van der Waals surface area contributed by atoms with Crippen LogP contribution in [0.15, 0.2) is 64.2 Å². The molecule has 0 amide bonds. The Morgan fingerprint density at radius 2 is 1.81 bits per heavy atom. The first-order chi connectivity index (χ1) is 15.6. The van der Waals surface area contributed by atoms with Crippen molar-refractivity contribution in [3.05, 3.63) is 82.0 Å². The smallest absolute Gasteiger partial charge is 0.269 e. The third-order valence-corrected chi connectivity index (χ3v) is 6.55. The molecule has 5 rings (SSSR count). The van der Waals surface area contributed by atoms with Gasteiger partial charge in [0.05, 0.1) is 15.9 Å². The topological polar surface area (TPSA) is 99.9 Å². The summed E-state index contributed by atoms with van der Waals surface area (Å²) in [5.74, 6) is 0.831. The van der Waals surface area contributed by atoms with Crippen LogP contribution in [-0.2, 0) is 12.8 Å². The van der Waals surface area contributed by atoms with E-state index in [2.05, 4.69) is 26.9 Å². The van der Waals surface area contributed by atoms with Crippen LogP contribution in [0.1, 0.15) is 42.3 Å². The van der Waals surface area contributed by atoms with Gasteiger partial charge in [0.15, 0.2) is 5.16 Å². The van der Waals surface area contributed by atoms with Crippen molar-refractivity contribution in [2.24, 2.45) is 0 Å². The predicted octanol–water partition coefficient (Wildman–Crippen LogP) is 5.56. The van der Waals surface area contributed by atoms with Crippen LogP contribution in [0.25, 0.3) is 17.1 Å². The lowest BCUT2D eigenvalue weighted by Gasteiger charge is -2.15. The summed E-state index contributed by atoms with van der Waals surface area (Å²) in [5.41, 5.74) is 4.23. The number of nitro groups is 1. The van der Waals surface area contributed by atoms with Crippen molar-refractivity contribution in [1.82, 2.24) is 19.7 Å². The molecule has 0 aliphatic heterocycles. The first-order valence-electron chi connectivity index (χ1n) is 10.5. The number of hydrogen-bond acceptors (Lipinski definition) is 7. The van der Waals surface area contributed by atoms with Crippen molar-refractivity contribution in [2.75, 3.05) is 0 Å². The first-order valence-corrected chi connectivity index (χ1v) is 11.4. The average molecular weight is 448 g/mol. The zero-order valence-electron chi connectivity index (χ0n) is 17.5. The summed E-state index contributed by atoms with van der Waals surface area (Å²) in [6, 6.07) is 16.4. The summed E-state index contributed by atoms with van der Waals surface area (Å²) < 4.78 is 8.15. The van der Waals surface area contributed by atoms with Crippen molar-refractivity contribution < 1.29 is 9.34 Å². The van der Waals surface area contributed by atoms with Crippen molar-refractivity contribution in [3.63, 3.8) is 0 Å². The predicted molar refractivity (Wildman–Crippen MR) is 121 cm³/mol. The Bertz CT molecular complexity index is 1250. The molecule has 1 atom stereocenters. The minimum Gasteiger partial charge on any atom is -0.419 e. The number of rotatable bonds is 6. The Kier molecular flexibility index (Phi) is 5.48. The lowest BCUT2D eigenvalue weighted by atomic mass is 10.0. The first kappa shape index (κ1) is 20.4. The fraction of sp³-hybridized carbons (Fsp3) is 0.261. The molecule has 4 aromatic rings. The molecule has 9 heteroatoms. The van der Waals surface area contributed by atoms with Gasteiger partial charge in [-0.15, -0.1) is 10.2 Å². The number of nitrogens with zero attached hydrogens (tertiary/aromatic N) is 5. The highest BCUT2D eigenvalue weighted by Gasteiger charge is 2.25. The number of para-hydroxylation sites is 1. The second-order valence-electron chi connectivity index (χ2n) is 7.68. The second kappa shape index (κ2) is 8.58. The van der Waals surface area contributed by atoms with Gasteiger partial charge in [-0.3, -0.25) is 14.7 Å². The third-order valence-electron chi connectivity index (χ3n) is 5.51. The van der Waals surface area contributed by atoms with Crippen LogP contribution in [0.4, 0.5) is 5.69 Å². The van der Waals surface area contributed by atoms with Gasteiger partial charge in [-0.25, -0.2) is 4.98 Å². The van der Waals surface area contributed by atoms with E-state index in [-0.39, 0.29) is 10.9 Å². The molecule has 2 heterocycles. The van der Waals surface area contributed by atoms with E-state index < -0.39 is 4.92 Å². The van der Waals surface area contributed by atoms with Crippen molar-refractivity contribution in [1.29, 1.82) is 0 Å². The normalized spacial score (nSPS) is 14.2. The molecule has 0 saturated heterocycles. The van der Waals surface area contributed by atoms with Gasteiger partial charge in [-0.1, -0.05) is 30.0 Å². The summed E-state index contributed by atoms with van der Waals surface area (Å²) in [5, 5.41) is 20.0. The van der Waals surface area contributed by atoms with E-state index in [9.17, 15) is 10.1 Å². The molecule has 0 bridgehead atoms. The second-order valence-corrected chi connectivity index (χ2v) is 8.98. The van der Waals surface area contributed by atoms with Crippen LogP contribution in [0.2, 0.25) is 0 Å². The zero-order chi connectivity index (χ0) is 22.1. The minimum absolute atomic E-state index is 0.0223. The maximum absolute atomic E-state index is 10.9. The Hall–Kier alpha value is -3.46. The standard InChI is InChI=1S/C23H21N5O3S/c1-15(21-25-26-22(31-21)16-11-13-18(14-12-16)28(29)30)32-23-24-19-9-5-6-10-20(19)27(23)17-7-3-2-4-8-17/h2-4,7-8,11-15H,5-6,9-10H2,1H3. The molecule has 0 fully saturated rings. The maximum Gasteiger partial charge on any atom is 0.269 e. The van der Waals surface area contributed by atoms with E-state index in [4.69, 9.17) is 9.40 Å².